The van der Waals surface area contributed by atoms with E-state index in [0.29, 0.717) is 13.1 Å². The van der Waals surface area contributed by atoms with Crippen LogP contribution in [0, 0.1) is 20.8 Å². The molecule has 35 heavy (non-hydrogen) atoms. The van der Waals surface area contributed by atoms with Crippen molar-refractivity contribution in [2.24, 2.45) is 0 Å². The summed E-state index contributed by atoms with van der Waals surface area (Å²) in [7, 11) is -3.78. The SMILES string of the molecule is CCCCNC(=O)NS(=O)(=O)c1ccc(C)cc1.CCN(CC)CC(=O)Nc1c(C)cccc1C. The number of urea groups is 1. The predicted molar refractivity (Wildman–Crippen MR) is 142 cm³/mol. The second kappa shape index (κ2) is 15.2. The van der Waals surface area contributed by atoms with Crippen LogP contribution < -0.4 is 15.4 Å². The van der Waals surface area contributed by atoms with E-state index < -0.39 is 16.1 Å². The molecule has 3 amide bonds. The number of aryl methyl sites for hydroxylation is 3. The molecule has 2 aromatic carbocycles. The number of carbonyl (C=O) groups excluding carboxylic acids is 2. The standard InChI is InChI=1S/C14H22N2O.C12H18N2O3S/c1-5-16(6-2)10-13(17)15-14-11(3)8-7-9-12(14)4;1-3-4-9-13-12(15)14-18(16,17)11-7-5-10(2)6-8-11/h7-9H,5-6,10H2,1-4H3,(H,15,17);5-8H,3-4,9H2,1-2H3,(H2,13,14,15). The first-order valence-corrected chi connectivity index (χ1v) is 13.5. The van der Waals surface area contributed by atoms with Gasteiger partial charge in [0.05, 0.1) is 11.4 Å². The van der Waals surface area contributed by atoms with Crippen LogP contribution in [0.25, 0.3) is 0 Å². The maximum Gasteiger partial charge on any atom is 0.328 e. The third-order valence-electron chi connectivity index (χ3n) is 5.38. The highest BCUT2D eigenvalue weighted by atomic mass is 32.2. The smallest absolute Gasteiger partial charge is 0.328 e. The van der Waals surface area contributed by atoms with E-state index in [9.17, 15) is 18.0 Å². The predicted octanol–water partition coefficient (Wildman–Crippen LogP) is 4.37. The van der Waals surface area contributed by atoms with Crippen molar-refractivity contribution >= 4 is 27.6 Å². The summed E-state index contributed by atoms with van der Waals surface area (Å²) in [6.07, 6.45) is 1.75. The molecule has 0 aromatic heterocycles. The van der Waals surface area contributed by atoms with E-state index in [-0.39, 0.29) is 10.8 Å². The minimum Gasteiger partial charge on any atom is -0.337 e. The van der Waals surface area contributed by atoms with Gasteiger partial charge in [-0.2, -0.15) is 0 Å². The van der Waals surface area contributed by atoms with Crippen molar-refractivity contribution in [3.63, 3.8) is 0 Å². The number of rotatable bonds is 10. The van der Waals surface area contributed by atoms with Crippen LogP contribution in [0.1, 0.15) is 50.3 Å². The van der Waals surface area contributed by atoms with E-state index in [0.717, 1.165) is 48.3 Å². The highest BCUT2D eigenvalue weighted by Crippen LogP contribution is 2.19. The average Bonchev–Trinajstić information content (AvgIpc) is 2.80. The molecule has 8 nitrogen and oxygen atoms in total. The number of anilines is 1. The molecule has 0 saturated carbocycles. The van der Waals surface area contributed by atoms with Crippen molar-refractivity contribution in [1.29, 1.82) is 0 Å². The number of likely N-dealkylation sites (N-methyl/N-ethyl adjacent to an activating group) is 1. The van der Waals surface area contributed by atoms with Crippen molar-refractivity contribution in [1.82, 2.24) is 14.9 Å². The summed E-state index contributed by atoms with van der Waals surface area (Å²) < 4.78 is 25.6. The number of hydrogen-bond donors (Lipinski definition) is 3. The maximum atomic E-state index is 11.9. The lowest BCUT2D eigenvalue weighted by atomic mass is 10.1. The van der Waals surface area contributed by atoms with Crippen LogP contribution in [0.2, 0.25) is 0 Å². The van der Waals surface area contributed by atoms with Crippen LogP contribution in [-0.2, 0) is 14.8 Å². The lowest BCUT2D eigenvalue weighted by Gasteiger charge is -2.18. The highest BCUT2D eigenvalue weighted by molar-refractivity contribution is 7.90. The largest absolute Gasteiger partial charge is 0.337 e. The second-order valence-electron chi connectivity index (χ2n) is 8.30. The van der Waals surface area contributed by atoms with Gasteiger partial charge in [0.25, 0.3) is 10.0 Å². The lowest BCUT2D eigenvalue weighted by molar-refractivity contribution is -0.117. The van der Waals surface area contributed by atoms with Crippen molar-refractivity contribution in [2.45, 2.75) is 59.3 Å². The van der Waals surface area contributed by atoms with Gasteiger partial charge in [-0.15, -0.1) is 0 Å². The minimum absolute atomic E-state index is 0.0612. The molecule has 2 aromatic rings. The molecule has 0 bridgehead atoms. The molecule has 0 aliphatic heterocycles. The Labute approximate surface area is 210 Å². The summed E-state index contributed by atoms with van der Waals surface area (Å²) in [5, 5.41) is 5.49. The number of para-hydroxylation sites is 1. The Morgan fingerprint density at radius 1 is 0.886 bits per heavy atom. The number of nitrogens with one attached hydrogen (secondary N) is 3. The fourth-order valence-corrected chi connectivity index (χ4v) is 4.08. The fourth-order valence-electron chi connectivity index (χ4n) is 3.15. The molecule has 0 fully saturated rings. The van der Waals surface area contributed by atoms with Crippen LogP contribution in [0.4, 0.5) is 10.5 Å². The van der Waals surface area contributed by atoms with Gasteiger partial charge in [-0.05, 0) is 63.5 Å². The van der Waals surface area contributed by atoms with Crippen LogP contribution in [-0.4, -0.2) is 51.4 Å². The zero-order valence-corrected chi connectivity index (χ0v) is 22.6. The normalized spacial score (nSPS) is 10.8. The number of unbranched alkanes of at least 4 members (excludes halogenated alkanes) is 1. The number of sulfonamides is 1. The molecular formula is C26H40N4O4S. The summed E-state index contributed by atoms with van der Waals surface area (Å²) >= 11 is 0. The Kier molecular flexibility index (Phi) is 13.0. The van der Waals surface area contributed by atoms with Gasteiger partial charge in [-0.25, -0.2) is 17.9 Å². The molecule has 0 heterocycles. The minimum atomic E-state index is -3.78. The summed E-state index contributed by atoms with van der Waals surface area (Å²) in [6, 6.07) is 11.6. The summed E-state index contributed by atoms with van der Waals surface area (Å²) in [6.45, 7) is 14.7. The first-order valence-electron chi connectivity index (χ1n) is 12.0. The molecule has 0 unspecified atom stereocenters. The van der Waals surface area contributed by atoms with E-state index in [1.807, 2.05) is 50.6 Å². The number of amides is 3. The average molecular weight is 505 g/mol. The van der Waals surface area contributed by atoms with Crippen molar-refractivity contribution in [3.8, 4) is 0 Å². The van der Waals surface area contributed by atoms with Gasteiger partial charge in [0.2, 0.25) is 5.91 Å². The Morgan fingerprint density at radius 3 is 1.97 bits per heavy atom. The zero-order valence-electron chi connectivity index (χ0n) is 21.8. The Hall–Kier alpha value is -2.91. The Balaban J connectivity index is 0.000000351. The van der Waals surface area contributed by atoms with Crippen LogP contribution >= 0.6 is 0 Å². The summed E-state index contributed by atoms with van der Waals surface area (Å²) in [5.74, 6) is 0.0612. The highest BCUT2D eigenvalue weighted by Gasteiger charge is 2.16. The topological polar surface area (TPSA) is 108 Å². The van der Waals surface area contributed by atoms with Crippen molar-refractivity contribution in [2.75, 3.05) is 31.5 Å². The van der Waals surface area contributed by atoms with E-state index >= 15 is 0 Å². The van der Waals surface area contributed by atoms with Gasteiger partial charge in [-0.3, -0.25) is 9.69 Å². The molecular weight excluding hydrogens is 464 g/mol. The molecule has 2 rings (SSSR count). The van der Waals surface area contributed by atoms with Crippen molar-refractivity contribution < 1.29 is 18.0 Å². The molecule has 0 atom stereocenters. The molecule has 0 aliphatic carbocycles. The Bertz CT molecular complexity index is 1030. The fraction of sp³-hybridized carbons (Fsp3) is 0.462. The zero-order chi connectivity index (χ0) is 26.4. The first kappa shape index (κ1) is 30.1. The molecule has 0 saturated heterocycles. The first-order chi connectivity index (χ1) is 16.5. The molecule has 194 valence electrons. The summed E-state index contributed by atoms with van der Waals surface area (Å²) in [5.41, 5.74) is 4.13. The number of nitrogens with zero attached hydrogens (tertiary/aromatic N) is 1. The van der Waals surface area contributed by atoms with E-state index in [1.165, 1.54) is 12.1 Å². The molecule has 0 radical (unpaired) electrons. The second-order valence-corrected chi connectivity index (χ2v) is 9.99. The third kappa shape index (κ3) is 10.9. The number of benzene rings is 2. The van der Waals surface area contributed by atoms with Crippen molar-refractivity contribution in [3.05, 3.63) is 59.2 Å². The van der Waals surface area contributed by atoms with Gasteiger partial charge in [-0.1, -0.05) is 63.1 Å². The molecule has 3 N–H and O–H groups in total. The number of carbonyl (C=O) groups is 2. The van der Waals surface area contributed by atoms with Gasteiger partial charge < -0.3 is 10.6 Å². The molecule has 9 heteroatoms. The van der Waals surface area contributed by atoms with E-state index in [2.05, 4.69) is 29.4 Å². The molecule has 0 spiro atoms. The van der Waals surface area contributed by atoms with E-state index in [1.54, 1.807) is 12.1 Å². The van der Waals surface area contributed by atoms with Gasteiger partial charge in [0.1, 0.15) is 0 Å². The number of hydrogen-bond acceptors (Lipinski definition) is 5. The monoisotopic (exact) mass is 504 g/mol. The lowest BCUT2D eigenvalue weighted by Crippen LogP contribution is -2.39. The van der Waals surface area contributed by atoms with E-state index in [4.69, 9.17) is 0 Å². The Morgan fingerprint density at radius 2 is 1.46 bits per heavy atom. The van der Waals surface area contributed by atoms with Crippen LogP contribution in [0.5, 0.6) is 0 Å². The quantitative estimate of drug-likeness (QED) is 0.417. The van der Waals surface area contributed by atoms with Crippen LogP contribution in [0.3, 0.4) is 0 Å². The molecule has 0 aliphatic rings. The van der Waals surface area contributed by atoms with Gasteiger partial charge in [0, 0.05) is 12.2 Å². The maximum absolute atomic E-state index is 11.9. The van der Waals surface area contributed by atoms with Gasteiger partial charge in [0.15, 0.2) is 0 Å². The van der Waals surface area contributed by atoms with Gasteiger partial charge >= 0.3 is 6.03 Å². The third-order valence-corrected chi connectivity index (χ3v) is 6.73. The summed E-state index contributed by atoms with van der Waals surface area (Å²) in [4.78, 5) is 25.4. The van der Waals surface area contributed by atoms with Crippen LogP contribution in [0.15, 0.2) is 47.4 Å².